The van der Waals surface area contributed by atoms with Crippen molar-refractivity contribution in [1.29, 1.82) is 0 Å². The fourth-order valence-corrected chi connectivity index (χ4v) is 6.68. The number of nitrogens with two attached hydrogens (primary N) is 2. The minimum Gasteiger partial charge on any atom is -0.467 e. The molecule has 2 unspecified atom stereocenters. The summed E-state index contributed by atoms with van der Waals surface area (Å²) in [4.78, 5) is 72.6. The molecule has 0 saturated carbocycles. The maximum atomic E-state index is 14.5. The van der Waals surface area contributed by atoms with Crippen molar-refractivity contribution >= 4 is 29.8 Å². The predicted molar refractivity (Wildman–Crippen MR) is 204 cm³/mol. The summed E-state index contributed by atoms with van der Waals surface area (Å²) in [7, 11) is 1.22. The molecule has 1 aliphatic rings. The van der Waals surface area contributed by atoms with E-state index in [1.54, 1.807) is 55.4 Å². The zero-order valence-corrected chi connectivity index (χ0v) is 32.8. The summed E-state index contributed by atoms with van der Waals surface area (Å²) in [6.07, 6.45) is 2.31. The van der Waals surface area contributed by atoms with Crippen LogP contribution in [0.3, 0.4) is 0 Å². The number of nitrogens with zero attached hydrogens (tertiary/aromatic N) is 3. The van der Waals surface area contributed by atoms with Gasteiger partial charge in [0.2, 0.25) is 11.8 Å². The highest BCUT2D eigenvalue weighted by molar-refractivity contribution is 6.03. The van der Waals surface area contributed by atoms with Crippen molar-refractivity contribution in [3.8, 4) is 0 Å². The van der Waals surface area contributed by atoms with Crippen molar-refractivity contribution in [3.05, 3.63) is 83.4 Å². The first-order valence-corrected chi connectivity index (χ1v) is 18.4. The van der Waals surface area contributed by atoms with E-state index in [-0.39, 0.29) is 25.3 Å². The van der Waals surface area contributed by atoms with Crippen LogP contribution in [0.5, 0.6) is 0 Å². The minimum atomic E-state index is -1.73. The summed E-state index contributed by atoms with van der Waals surface area (Å²) >= 11 is 0. The third-order valence-electron chi connectivity index (χ3n) is 9.52. The van der Waals surface area contributed by atoms with Crippen LogP contribution in [-0.4, -0.2) is 94.1 Å². The minimum absolute atomic E-state index is 0.0250. The van der Waals surface area contributed by atoms with E-state index in [0.29, 0.717) is 19.4 Å². The summed E-state index contributed by atoms with van der Waals surface area (Å²) < 4.78 is 10.8. The van der Waals surface area contributed by atoms with Crippen molar-refractivity contribution in [2.45, 2.75) is 110 Å². The molecular formula is C41H59N5O7. The molecule has 5 atom stereocenters. The molecule has 0 aliphatic carbocycles. The number of imide groups is 2. The van der Waals surface area contributed by atoms with Crippen LogP contribution in [0.1, 0.15) is 79.4 Å². The largest absolute Gasteiger partial charge is 0.467 e. The third-order valence-corrected chi connectivity index (χ3v) is 9.52. The molecular weight excluding hydrogens is 674 g/mol. The van der Waals surface area contributed by atoms with Gasteiger partial charge in [0.1, 0.15) is 17.3 Å². The standard InChI is InChI=1S/C41H59N5O7/c1-10-34(47)46(35(27(2)3)37(49)52-9)38(50)41(8,43)44-22-21-32(24-31(26-44)23-29-17-13-11-14-18-29)28(4)45(39(51)53-40(5,6)7)36(48)33(42)25-30-19-15-12-16-20-30/h11-20,24,27-28,31,33,35H,10,21-23,25-26,42-43H2,1-9H3/t28?,31?,33-,35-,41+/m0/s1. The van der Waals surface area contributed by atoms with E-state index >= 15 is 0 Å². The number of rotatable bonds is 13. The molecule has 4 amide bonds. The van der Waals surface area contributed by atoms with Gasteiger partial charge in [-0.1, -0.05) is 87.5 Å². The molecule has 3 rings (SSSR count). The predicted octanol–water partition coefficient (Wildman–Crippen LogP) is 4.84. The lowest BCUT2D eigenvalue weighted by Crippen LogP contribution is -2.68. The number of ether oxygens (including phenoxy) is 2. The second-order valence-corrected chi connectivity index (χ2v) is 15.3. The lowest BCUT2D eigenvalue weighted by molar-refractivity contribution is -0.166. The Balaban J connectivity index is 2.06. The number of esters is 1. The van der Waals surface area contributed by atoms with E-state index in [1.807, 2.05) is 71.6 Å². The fraction of sp³-hybridized carbons (Fsp3) is 0.537. The molecule has 2 aromatic rings. The van der Waals surface area contributed by atoms with Crippen LogP contribution in [0.2, 0.25) is 0 Å². The Morgan fingerprint density at radius 3 is 1.98 bits per heavy atom. The summed E-state index contributed by atoms with van der Waals surface area (Å²) in [5.74, 6) is -3.23. The second-order valence-electron chi connectivity index (χ2n) is 15.3. The quantitative estimate of drug-likeness (QED) is 0.215. The highest BCUT2D eigenvalue weighted by Gasteiger charge is 2.47. The highest BCUT2D eigenvalue weighted by Crippen LogP contribution is 2.30. The van der Waals surface area contributed by atoms with Crippen molar-refractivity contribution in [1.82, 2.24) is 14.7 Å². The molecule has 12 nitrogen and oxygen atoms in total. The Labute approximate surface area is 314 Å². The molecule has 0 saturated heterocycles. The number of hydrogen-bond acceptors (Lipinski definition) is 10. The zero-order chi connectivity index (χ0) is 39.7. The van der Waals surface area contributed by atoms with Crippen LogP contribution in [0.4, 0.5) is 4.79 Å². The lowest BCUT2D eigenvalue weighted by atomic mass is 9.93. The van der Waals surface area contributed by atoms with Gasteiger partial charge in [-0.3, -0.25) is 24.2 Å². The highest BCUT2D eigenvalue weighted by atomic mass is 16.6. The maximum Gasteiger partial charge on any atom is 0.417 e. The normalized spacial score (nSPS) is 18.0. The molecule has 290 valence electrons. The summed E-state index contributed by atoms with van der Waals surface area (Å²) in [5.41, 5.74) is 13.5. The van der Waals surface area contributed by atoms with Crippen molar-refractivity contribution in [2.75, 3.05) is 20.2 Å². The summed E-state index contributed by atoms with van der Waals surface area (Å²) in [6, 6.07) is 16.2. The van der Waals surface area contributed by atoms with Gasteiger partial charge >= 0.3 is 12.1 Å². The molecule has 0 fully saturated rings. The number of amides is 4. The van der Waals surface area contributed by atoms with E-state index in [2.05, 4.69) is 0 Å². The average Bonchev–Trinajstić information content (AvgIpc) is 3.32. The first kappa shape index (κ1) is 43.0. The van der Waals surface area contributed by atoms with Crippen LogP contribution in [0.15, 0.2) is 72.3 Å². The number of benzene rings is 2. The Morgan fingerprint density at radius 2 is 1.47 bits per heavy atom. The Hall–Kier alpha value is -4.39. The Kier molecular flexibility index (Phi) is 15.1. The number of methoxy groups -OCH3 is 1. The van der Waals surface area contributed by atoms with Gasteiger partial charge in [-0.05, 0) is 82.4 Å². The Bertz CT molecular complexity index is 1600. The van der Waals surface area contributed by atoms with E-state index < -0.39 is 65.1 Å². The second kappa shape index (κ2) is 18.6. The van der Waals surface area contributed by atoms with Gasteiger partial charge in [0, 0.05) is 19.5 Å². The fourth-order valence-electron chi connectivity index (χ4n) is 6.68. The molecule has 1 heterocycles. The number of carbonyl (C=O) groups is 5. The first-order valence-electron chi connectivity index (χ1n) is 18.4. The molecule has 0 spiro atoms. The summed E-state index contributed by atoms with van der Waals surface area (Å²) in [5, 5.41) is 0. The van der Waals surface area contributed by atoms with Crippen LogP contribution >= 0.6 is 0 Å². The molecule has 0 aromatic heterocycles. The van der Waals surface area contributed by atoms with Crippen molar-refractivity contribution < 1.29 is 33.4 Å². The number of carbonyl (C=O) groups excluding carboxylic acids is 5. The van der Waals surface area contributed by atoms with Crippen LogP contribution in [0.25, 0.3) is 0 Å². The monoisotopic (exact) mass is 733 g/mol. The van der Waals surface area contributed by atoms with E-state index in [9.17, 15) is 24.0 Å². The lowest BCUT2D eigenvalue weighted by Gasteiger charge is -2.42. The third kappa shape index (κ3) is 11.3. The SMILES string of the molecule is CCC(=O)N(C(=O)[C@](C)(N)N1CCC(C(C)N(C(=O)OC(C)(C)C)C(=O)[C@@H](N)Cc2ccccc2)=CC(Cc2ccccc2)C1)[C@H](C(=O)OC)C(C)C. The Morgan fingerprint density at radius 1 is 0.906 bits per heavy atom. The smallest absolute Gasteiger partial charge is 0.417 e. The van der Waals surface area contributed by atoms with Crippen LogP contribution in [-0.2, 0) is 41.5 Å². The van der Waals surface area contributed by atoms with Gasteiger partial charge in [-0.15, -0.1) is 0 Å². The molecule has 0 bridgehead atoms. The maximum absolute atomic E-state index is 14.5. The van der Waals surface area contributed by atoms with E-state index in [1.165, 1.54) is 7.11 Å². The molecule has 4 N–H and O–H groups in total. The molecule has 12 heteroatoms. The van der Waals surface area contributed by atoms with Gasteiger partial charge in [-0.2, -0.15) is 0 Å². The van der Waals surface area contributed by atoms with Gasteiger partial charge in [0.05, 0.1) is 19.2 Å². The van der Waals surface area contributed by atoms with Crippen LogP contribution in [0, 0.1) is 11.8 Å². The van der Waals surface area contributed by atoms with Crippen molar-refractivity contribution in [2.24, 2.45) is 23.3 Å². The molecule has 0 radical (unpaired) electrons. The van der Waals surface area contributed by atoms with E-state index in [4.69, 9.17) is 20.9 Å². The van der Waals surface area contributed by atoms with E-state index in [0.717, 1.165) is 26.5 Å². The average molecular weight is 734 g/mol. The number of hydrogen-bond donors (Lipinski definition) is 2. The topological polar surface area (TPSA) is 166 Å². The first-order chi connectivity index (χ1) is 24.8. The van der Waals surface area contributed by atoms with Gasteiger partial charge in [-0.25, -0.2) is 14.5 Å². The van der Waals surface area contributed by atoms with Gasteiger partial charge in [0.15, 0.2) is 0 Å². The molecule has 53 heavy (non-hydrogen) atoms. The molecule has 2 aromatic carbocycles. The summed E-state index contributed by atoms with van der Waals surface area (Å²) in [6.45, 7) is 14.2. The van der Waals surface area contributed by atoms with Gasteiger partial charge in [0.25, 0.3) is 5.91 Å². The van der Waals surface area contributed by atoms with Crippen molar-refractivity contribution in [3.63, 3.8) is 0 Å². The zero-order valence-electron chi connectivity index (χ0n) is 32.8. The van der Waals surface area contributed by atoms with Crippen LogP contribution < -0.4 is 11.5 Å². The molecule has 1 aliphatic heterocycles. The van der Waals surface area contributed by atoms with Gasteiger partial charge < -0.3 is 20.9 Å².